The van der Waals surface area contributed by atoms with Crippen molar-refractivity contribution in [3.8, 4) is 5.75 Å². The van der Waals surface area contributed by atoms with Crippen molar-refractivity contribution in [3.05, 3.63) is 29.5 Å². The van der Waals surface area contributed by atoms with Gasteiger partial charge < -0.3 is 15.6 Å². The van der Waals surface area contributed by atoms with Gasteiger partial charge >= 0.3 is 0 Å². The SMILES string of the molecule is CC(=O)c1c(O)ccc(/C=C/OC=O)c1N. The van der Waals surface area contributed by atoms with E-state index in [1.54, 1.807) is 0 Å². The van der Waals surface area contributed by atoms with Crippen molar-refractivity contribution in [2.75, 3.05) is 5.73 Å². The topological polar surface area (TPSA) is 89.6 Å². The normalized spacial score (nSPS) is 10.3. The van der Waals surface area contributed by atoms with E-state index in [1.165, 1.54) is 25.1 Å². The minimum atomic E-state index is -0.332. The average molecular weight is 221 g/mol. The molecule has 0 saturated heterocycles. The van der Waals surface area contributed by atoms with Crippen LogP contribution in [0.4, 0.5) is 5.69 Å². The number of hydrogen-bond acceptors (Lipinski definition) is 5. The molecule has 0 aliphatic carbocycles. The number of carbonyl (C=O) groups excluding carboxylic acids is 2. The molecule has 0 fully saturated rings. The number of ketones is 1. The fraction of sp³-hybridized carbons (Fsp3) is 0.0909. The van der Waals surface area contributed by atoms with Crippen LogP contribution < -0.4 is 5.73 Å². The van der Waals surface area contributed by atoms with Gasteiger partial charge in [0.25, 0.3) is 6.47 Å². The van der Waals surface area contributed by atoms with Crippen molar-refractivity contribution < 1.29 is 19.4 Å². The van der Waals surface area contributed by atoms with E-state index in [0.29, 0.717) is 5.56 Å². The van der Waals surface area contributed by atoms with Gasteiger partial charge in [-0.1, -0.05) is 0 Å². The van der Waals surface area contributed by atoms with Crippen LogP contribution >= 0.6 is 0 Å². The molecule has 84 valence electrons. The minimum absolute atomic E-state index is 0.0632. The molecule has 0 bridgehead atoms. The van der Waals surface area contributed by atoms with E-state index in [1.807, 2.05) is 0 Å². The summed E-state index contributed by atoms with van der Waals surface area (Å²) in [6.45, 7) is 1.57. The average Bonchev–Trinajstić information content (AvgIpc) is 2.21. The van der Waals surface area contributed by atoms with Gasteiger partial charge in [-0.3, -0.25) is 9.59 Å². The molecule has 0 amide bonds. The number of ether oxygens (including phenoxy) is 1. The molecule has 0 atom stereocenters. The summed E-state index contributed by atoms with van der Waals surface area (Å²) in [4.78, 5) is 21.1. The predicted molar refractivity (Wildman–Crippen MR) is 58.7 cm³/mol. The Hall–Kier alpha value is -2.30. The van der Waals surface area contributed by atoms with E-state index < -0.39 is 0 Å². The first kappa shape index (κ1) is 11.8. The van der Waals surface area contributed by atoms with E-state index in [0.717, 1.165) is 6.26 Å². The molecule has 0 saturated carbocycles. The third-order valence-electron chi connectivity index (χ3n) is 1.99. The molecule has 0 unspecified atom stereocenters. The zero-order chi connectivity index (χ0) is 12.1. The Labute approximate surface area is 92.1 Å². The van der Waals surface area contributed by atoms with Gasteiger partial charge in [-0.15, -0.1) is 0 Å². The van der Waals surface area contributed by atoms with Gasteiger partial charge in [0.05, 0.1) is 17.5 Å². The maximum absolute atomic E-state index is 11.2. The number of nitrogens with two attached hydrogens (primary N) is 1. The monoisotopic (exact) mass is 221 g/mol. The number of Topliss-reactive ketones (excluding diaryl/α,β-unsaturated/α-hetero) is 1. The Kier molecular flexibility index (Phi) is 3.66. The number of phenolic OH excluding ortho intramolecular Hbond substituents is 1. The Morgan fingerprint density at radius 3 is 2.75 bits per heavy atom. The highest BCUT2D eigenvalue weighted by Gasteiger charge is 2.12. The quantitative estimate of drug-likeness (QED) is 0.346. The Morgan fingerprint density at radius 1 is 1.50 bits per heavy atom. The van der Waals surface area contributed by atoms with Crippen molar-refractivity contribution in [1.82, 2.24) is 0 Å². The highest BCUT2D eigenvalue weighted by Crippen LogP contribution is 2.28. The molecular formula is C11H11NO4. The molecule has 5 nitrogen and oxygen atoms in total. The van der Waals surface area contributed by atoms with Crippen LogP contribution in [0.25, 0.3) is 6.08 Å². The summed E-state index contributed by atoms with van der Waals surface area (Å²) in [6, 6.07) is 2.87. The van der Waals surface area contributed by atoms with Gasteiger partial charge in [0.2, 0.25) is 0 Å². The molecule has 1 aromatic carbocycles. The molecule has 1 aromatic rings. The Morgan fingerprint density at radius 2 is 2.19 bits per heavy atom. The highest BCUT2D eigenvalue weighted by atomic mass is 16.5. The lowest BCUT2D eigenvalue weighted by Crippen LogP contribution is -2.02. The van der Waals surface area contributed by atoms with Crippen molar-refractivity contribution in [3.63, 3.8) is 0 Å². The maximum atomic E-state index is 11.2. The molecule has 0 aliphatic rings. The first-order valence-electron chi connectivity index (χ1n) is 4.46. The van der Waals surface area contributed by atoms with Crippen LogP contribution in [0.2, 0.25) is 0 Å². The van der Waals surface area contributed by atoms with Gasteiger partial charge in [0, 0.05) is 5.56 Å². The lowest BCUT2D eigenvalue weighted by atomic mass is 10.0. The minimum Gasteiger partial charge on any atom is -0.507 e. The summed E-state index contributed by atoms with van der Waals surface area (Å²) in [5.74, 6) is -0.500. The molecule has 0 aliphatic heterocycles. The van der Waals surface area contributed by atoms with Crippen molar-refractivity contribution in [2.45, 2.75) is 6.92 Å². The van der Waals surface area contributed by atoms with Gasteiger partial charge in [-0.25, -0.2) is 0 Å². The molecule has 5 heteroatoms. The van der Waals surface area contributed by atoms with Crippen LogP contribution in [-0.2, 0) is 9.53 Å². The van der Waals surface area contributed by atoms with Crippen LogP contribution in [0, 0.1) is 0 Å². The Bertz CT molecular complexity index is 452. The number of anilines is 1. The summed E-state index contributed by atoms with van der Waals surface area (Å²) in [5.41, 5.74) is 6.40. The van der Waals surface area contributed by atoms with Gasteiger partial charge in [-0.2, -0.15) is 0 Å². The third kappa shape index (κ3) is 2.38. The summed E-state index contributed by atoms with van der Waals surface area (Å²) < 4.78 is 4.36. The van der Waals surface area contributed by atoms with Crippen LogP contribution in [0.3, 0.4) is 0 Å². The van der Waals surface area contributed by atoms with E-state index in [9.17, 15) is 14.7 Å². The van der Waals surface area contributed by atoms with Crippen molar-refractivity contribution >= 4 is 24.0 Å². The number of carbonyl (C=O) groups is 2. The molecular weight excluding hydrogens is 210 g/mol. The number of hydrogen-bond donors (Lipinski definition) is 2. The summed E-state index contributed by atoms with van der Waals surface area (Å²) in [5, 5.41) is 9.45. The molecule has 0 heterocycles. The second-order valence-electron chi connectivity index (χ2n) is 3.05. The van der Waals surface area contributed by atoms with Crippen LogP contribution in [0.5, 0.6) is 5.75 Å². The van der Waals surface area contributed by atoms with Gasteiger partial charge in [0.1, 0.15) is 5.75 Å². The van der Waals surface area contributed by atoms with E-state index in [-0.39, 0.29) is 29.3 Å². The molecule has 0 spiro atoms. The van der Waals surface area contributed by atoms with Crippen molar-refractivity contribution in [1.29, 1.82) is 0 Å². The first-order chi connectivity index (χ1) is 7.57. The van der Waals surface area contributed by atoms with Crippen LogP contribution in [0.1, 0.15) is 22.8 Å². The standard InChI is InChI=1S/C11H11NO4/c1-7(14)10-9(15)3-2-8(11(10)12)4-5-16-6-13/h2-6,15H,12H2,1H3/b5-4+. The fourth-order valence-corrected chi connectivity index (χ4v) is 1.28. The zero-order valence-electron chi connectivity index (χ0n) is 8.64. The van der Waals surface area contributed by atoms with Crippen LogP contribution in [0.15, 0.2) is 18.4 Å². The van der Waals surface area contributed by atoms with E-state index in [4.69, 9.17) is 5.73 Å². The second kappa shape index (κ2) is 4.97. The molecule has 3 N–H and O–H groups in total. The lowest BCUT2D eigenvalue weighted by molar-refractivity contribution is -0.123. The largest absolute Gasteiger partial charge is 0.507 e. The number of phenols is 1. The molecule has 0 radical (unpaired) electrons. The molecule has 1 rings (SSSR count). The highest BCUT2D eigenvalue weighted by molar-refractivity contribution is 6.03. The maximum Gasteiger partial charge on any atom is 0.297 e. The second-order valence-corrected chi connectivity index (χ2v) is 3.05. The first-order valence-corrected chi connectivity index (χ1v) is 4.46. The number of nitrogen functional groups attached to an aromatic ring is 1. The number of aromatic hydroxyl groups is 1. The van der Waals surface area contributed by atoms with E-state index >= 15 is 0 Å². The number of rotatable bonds is 4. The summed E-state index contributed by atoms with van der Waals surface area (Å²) in [6.07, 6.45) is 2.56. The van der Waals surface area contributed by atoms with Gasteiger partial charge in [-0.05, 0) is 25.1 Å². The predicted octanol–water partition coefficient (Wildman–Crippen LogP) is 1.32. The zero-order valence-corrected chi connectivity index (χ0v) is 8.64. The fourth-order valence-electron chi connectivity index (χ4n) is 1.28. The van der Waals surface area contributed by atoms with E-state index in [2.05, 4.69) is 4.74 Å². The van der Waals surface area contributed by atoms with Crippen LogP contribution in [-0.4, -0.2) is 17.4 Å². The van der Waals surface area contributed by atoms with Gasteiger partial charge in [0.15, 0.2) is 5.78 Å². The molecule has 0 aromatic heterocycles. The summed E-state index contributed by atoms with van der Waals surface area (Å²) >= 11 is 0. The third-order valence-corrected chi connectivity index (χ3v) is 1.99. The number of benzene rings is 1. The summed E-state index contributed by atoms with van der Waals surface area (Å²) in [7, 11) is 0. The van der Waals surface area contributed by atoms with Crippen molar-refractivity contribution in [2.24, 2.45) is 0 Å². The smallest absolute Gasteiger partial charge is 0.297 e. The molecule has 16 heavy (non-hydrogen) atoms. The lowest BCUT2D eigenvalue weighted by Gasteiger charge is -2.07. The Balaban J connectivity index is 3.18.